The van der Waals surface area contributed by atoms with E-state index in [4.69, 9.17) is 0 Å². The maximum atomic E-state index is 2.59. The van der Waals surface area contributed by atoms with Crippen molar-refractivity contribution >= 4 is 12.8 Å². The fourth-order valence-corrected chi connectivity index (χ4v) is 8.15. The van der Waals surface area contributed by atoms with Gasteiger partial charge in [-0.05, 0) is 56.3 Å². The van der Waals surface area contributed by atoms with Crippen LogP contribution in [-0.2, 0) is 0 Å². The average Bonchev–Trinajstić information content (AvgIpc) is 2.44. The fourth-order valence-electron chi connectivity index (χ4n) is 5.34. The Hall–Kier alpha value is 0.170. The molecule has 0 aromatic rings. The first-order chi connectivity index (χ1) is 12.2. The predicted octanol–water partition coefficient (Wildman–Crippen LogP) is 9.27. The zero-order valence-corrected chi connectivity index (χ0v) is 22.3. The predicted molar refractivity (Wildman–Crippen MR) is 132 cm³/mol. The molecule has 27 heavy (non-hydrogen) atoms. The lowest BCUT2D eigenvalue weighted by atomic mass is 9.70. The van der Waals surface area contributed by atoms with E-state index < -0.39 is 0 Å². The molecule has 0 amide bonds. The molecule has 0 aliphatic heterocycles. The Kier molecular flexibility index (Phi) is 11.5. The molecule has 0 bridgehead atoms. The van der Waals surface area contributed by atoms with E-state index in [-0.39, 0.29) is 7.55 Å². The summed E-state index contributed by atoms with van der Waals surface area (Å²) in [6.07, 6.45) is 6.75. The Morgan fingerprint density at radius 2 is 1.37 bits per heavy atom. The van der Waals surface area contributed by atoms with Gasteiger partial charge in [-0.3, -0.25) is 0 Å². The first kappa shape index (κ1) is 27.2. The van der Waals surface area contributed by atoms with E-state index in [2.05, 4.69) is 89.7 Å². The van der Waals surface area contributed by atoms with Gasteiger partial charge in [-0.15, -0.1) is 0 Å². The Balaban J connectivity index is 5.58. The van der Waals surface area contributed by atoms with Crippen LogP contribution >= 0.6 is 7.55 Å². The first-order valence-corrected chi connectivity index (χ1v) is 13.5. The minimum atomic E-state index is -0.0817. The lowest BCUT2D eigenvalue weighted by Gasteiger charge is -2.36. The second-order valence-electron chi connectivity index (χ2n) is 11.7. The molecule has 0 spiro atoms. The third-order valence-electron chi connectivity index (χ3n) is 7.01. The van der Waals surface area contributed by atoms with Gasteiger partial charge in [0.15, 0.2) is 0 Å². The van der Waals surface area contributed by atoms with E-state index in [0.29, 0.717) is 16.5 Å². The van der Waals surface area contributed by atoms with Gasteiger partial charge in [0.05, 0.1) is 14.2 Å². The molecule has 0 aliphatic carbocycles. The molecule has 4 atom stereocenters. The summed E-state index contributed by atoms with van der Waals surface area (Å²) in [5.74, 6) is 3.86. The van der Waals surface area contributed by atoms with E-state index in [1.807, 2.05) is 5.29 Å². The van der Waals surface area contributed by atoms with Crippen LogP contribution in [0.2, 0.25) is 0 Å². The fraction of sp³-hybridized carbons (Fsp3) is 0.962. The third-order valence-corrected chi connectivity index (χ3v) is 10.7. The van der Waals surface area contributed by atoms with Gasteiger partial charge in [0.2, 0.25) is 0 Å². The molecule has 1 heteroatoms. The van der Waals surface area contributed by atoms with Crippen molar-refractivity contribution in [2.75, 3.05) is 6.66 Å². The van der Waals surface area contributed by atoms with Crippen LogP contribution in [0.5, 0.6) is 0 Å². The van der Waals surface area contributed by atoms with E-state index in [1.54, 1.807) is 0 Å². The minimum Gasteiger partial charge on any atom is -0.0654 e. The van der Waals surface area contributed by atoms with Crippen molar-refractivity contribution in [3.05, 3.63) is 0 Å². The molecule has 0 fully saturated rings. The van der Waals surface area contributed by atoms with Crippen LogP contribution in [0.4, 0.5) is 0 Å². The smallest absolute Gasteiger partial charge is 0.0654 e. The van der Waals surface area contributed by atoms with Crippen molar-refractivity contribution in [1.82, 2.24) is 0 Å². The van der Waals surface area contributed by atoms with Gasteiger partial charge in [-0.1, -0.05) is 82.1 Å². The van der Waals surface area contributed by atoms with Crippen molar-refractivity contribution in [3.8, 4) is 0 Å². The zero-order valence-electron chi connectivity index (χ0n) is 21.4. The molecule has 0 aliphatic rings. The lowest BCUT2D eigenvalue weighted by molar-refractivity contribution is 0.170. The summed E-state index contributed by atoms with van der Waals surface area (Å²) in [5, 5.41) is 2.33. The van der Waals surface area contributed by atoms with Crippen molar-refractivity contribution in [1.29, 1.82) is 0 Å². The van der Waals surface area contributed by atoms with Crippen LogP contribution in [0.1, 0.15) is 115 Å². The Morgan fingerprint density at radius 3 is 1.78 bits per heavy atom. The molecule has 0 heterocycles. The SMILES string of the molecule is CCCC(C)CC(C)(C)[P+](C)=C(C(C)C)C(C)CC(C)(C)C(C)CC(C)C. The highest BCUT2D eigenvalue weighted by Crippen LogP contribution is 2.48. The molecule has 0 saturated heterocycles. The maximum Gasteiger partial charge on any atom is 0.121 e. The van der Waals surface area contributed by atoms with Gasteiger partial charge in [0.1, 0.15) is 10.4 Å². The summed E-state index contributed by atoms with van der Waals surface area (Å²) in [6, 6.07) is 0. The second-order valence-corrected chi connectivity index (χ2v) is 14.5. The van der Waals surface area contributed by atoms with E-state index in [1.165, 1.54) is 32.1 Å². The molecule has 0 N–H and O–H groups in total. The maximum absolute atomic E-state index is 2.59. The second kappa shape index (κ2) is 11.4. The molecule has 0 saturated carbocycles. The molecule has 162 valence electrons. The summed E-state index contributed by atoms with van der Waals surface area (Å²) in [6.45, 7) is 32.1. The molecule has 0 nitrogen and oxygen atoms in total. The number of rotatable bonds is 12. The lowest BCUT2D eigenvalue weighted by Crippen LogP contribution is -2.31. The Bertz CT molecular complexity index is 453. The van der Waals surface area contributed by atoms with Crippen molar-refractivity contribution in [3.63, 3.8) is 0 Å². The van der Waals surface area contributed by atoms with Crippen molar-refractivity contribution in [2.24, 2.45) is 35.0 Å². The van der Waals surface area contributed by atoms with Crippen LogP contribution in [0.15, 0.2) is 0 Å². The highest BCUT2D eigenvalue weighted by atomic mass is 31.1. The van der Waals surface area contributed by atoms with Gasteiger partial charge < -0.3 is 0 Å². The molecule has 0 aromatic carbocycles. The number of hydrogen-bond donors (Lipinski definition) is 0. The van der Waals surface area contributed by atoms with Crippen LogP contribution in [-0.4, -0.2) is 17.1 Å². The van der Waals surface area contributed by atoms with Crippen LogP contribution in [0, 0.1) is 35.0 Å². The molecule has 0 rings (SSSR count). The number of hydrogen-bond acceptors (Lipinski definition) is 0. The highest BCUT2D eigenvalue weighted by molar-refractivity contribution is 7.59. The average molecular weight is 398 g/mol. The summed E-state index contributed by atoms with van der Waals surface area (Å²) < 4.78 is 0. The molecule has 0 aromatic heterocycles. The molecular weight excluding hydrogens is 343 g/mol. The van der Waals surface area contributed by atoms with E-state index >= 15 is 0 Å². The molecular formula is C26H54P+. The van der Waals surface area contributed by atoms with Crippen LogP contribution < -0.4 is 0 Å². The first-order valence-electron chi connectivity index (χ1n) is 11.8. The van der Waals surface area contributed by atoms with Crippen molar-refractivity contribution < 1.29 is 0 Å². The highest BCUT2D eigenvalue weighted by Gasteiger charge is 2.39. The van der Waals surface area contributed by atoms with Gasteiger partial charge in [-0.25, -0.2) is 0 Å². The quantitative estimate of drug-likeness (QED) is 0.288. The van der Waals surface area contributed by atoms with Gasteiger partial charge in [0, 0.05) is 11.8 Å². The van der Waals surface area contributed by atoms with Crippen LogP contribution in [0.3, 0.4) is 0 Å². The van der Waals surface area contributed by atoms with E-state index in [0.717, 1.165) is 23.7 Å². The zero-order chi connectivity index (χ0) is 21.6. The topological polar surface area (TPSA) is 0 Å². The summed E-state index contributed by atoms with van der Waals surface area (Å²) in [7, 11) is -0.0817. The summed E-state index contributed by atoms with van der Waals surface area (Å²) in [5.41, 5.74) is 0.416. The van der Waals surface area contributed by atoms with Gasteiger partial charge >= 0.3 is 0 Å². The minimum absolute atomic E-state index is 0.0817. The van der Waals surface area contributed by atoms with Gasteiger partial charge in [-0.2, -0.15) is 0 Å². The van der Waals surface area contributed by atoms with Gasteiger partial charge in [0.25, 0.3) is 0 Å². The van der Waals surface area contributed by atoms with E-state index in [9.17, 15) is 0 Å². The summed E-state index contributed by atoms with van der Waals surface area (Å²) in [4.78, 5) is 0. The largest absolute Gasteiger partial charge is 0.121 e. The Labute approximate surface area is 175 Å². The normalized spacial score (nSPS) is 17.9. The van der Waals surface area contributed by atoms with Crippen LogP contribution in [0.25, 0.3) is 0 Å². The summed E-state index contributed by atoms with van der Waals surface area (Å²) >= 11 is 0. The molecule has 4 unspecified atom stereocenters. The van der Waals surface area contributed by atoms with Crippen molar-refractivity contribution in [2.45, 2.75) is 120 Å². The third kappa shape index (κ3) is 9.02. The monoisotopic (exact) mass is 397 g/mol. The molecule has 0 radical (unpaired) electrons. The Morgan fingerprint density at radius 1 is 0.852 bits per heavy atom. The standard InChI is InChI=1S/C26H54P/c1-14-15-21(6)17-26(11,12)27(13)24(20(4)5)22(7)18-25(9,10)23(8)16-19(2)3/h19-23H,14-18H2,1-13H3/q+1.